The van der Waals surface area contributed by atoms with E-state index in [-0.39, 0.29) is 11.7 Å². The molecule has 1 aliphatic rings. The number of nitrogens with zero attached hydrogens (tertiary/aromatic N) is 1. The lowest BCUT2D eigenvalue weighted by atomic mass is 10.0. The number of fused-ring (bicyclic) bond motifs is 1. The standard InChI is InChI=1S/C12H16FNO/c1-14(2)7-9-5-8-6-10(13)3-4-11(8)12(9)15/h3-4,6,9,12,15H,5,7H2,1-2H3/t9-,12+/m1/s1. The highest BCUT2D eigenvalue weighted by atomic mass is 19.1. The molecule has 1 aromatic rings. The second-order valence-corrected chi connectivity index (χ2v) is 4.51. The van der Waals surface area contributed by atoms with Crippen LogP contribution in [-0.2, 0) is 6.42 Å². The summed E-state index contributed by atoms with van der Waals surface area (Å²) < 4.78 is 13.0. The van der Waals surface area contributed by atoms with Gasteiger partial charge in [0.2, 0.25) is 0 Å². The Morgan fingerprint density at radius 2 is 2.20 bits per heavy atom. The lowest BCUT2D eigenvalue weighted by molar-refractivity contribution is 0.105. The molecule has 2 nitrogen and oxygen atoms in total. The first-order valence-electron chi connectivity index (χ1n) is 5.19. The third kappa shape index (κ3) is 2.03. The molecule has 2 rings (SSSR count). The third-order valence-electron chi connectivity index (χ3n) is 2.95. The van der Waals surface area contributed by atoms with Crippen molar-refractivity contribution in [2.45, 2.75) is 12.5 Å². The summed E-state index contributed by atoms with van der Waals surface area (Å²) in [6, 6.07) is 4.65. The molecular weight excluding hydrogens is 193 g/mol. The van der Waals surface area contributed by atoms with Crippen LogP contribution in [0.3, 0.4) is 0 Å². The van der Waals surface area contributed by atoms with Crippen LogP contribution in [-0.4, -0.2) is 30.6 Å². The van der Waals surface area contributed by atoms with Crippen molar-refractivity contribution < 1.29 is 9.50 Å². The molecule has 2 atom stereocenters. The highest BCUT2D eigenvalue weighted by Gasteiger charge is 2.31. The number of halogens is 1. The minimum atomic E-state index is -0.442. The van der Waals surface area contributed by atoms with Gasteiger partial charge in [0.25, 0.3) is 0 Å². The minimum Gasteiger partial charge on any atom is -0.388 e. The van der Waals surface area contributed by atoms with Crippen LogP contribution in [0.5, 0.6) is 0 Å². The Morgan fingerprint density at radius 1 is 1.47 bits per heavy atom. The van der Waals surface area contributed by atoms with Crippen LogP contribution < -0.4 is 0 Å². The van der Waals surface area contributed by atoms with E-state index in [2.05, 4.69) is 4.90 Å². The van der Waals surface area contributed by atoms with Gasteiger partial charge in [0, 0.05) is 12.5 Å². The van der Waals surface area contributed by atoms with Gasteiger partial charge in [-0.3, -0.25) is 0 Å². The van der Waals surface area contributed by atoms with E-state index >= 15 is 0 Å². The van der Waals surface area contributed by atoms with Crippen molar-refractivity contribution in [3.05, 3.63) is 35.1 Å². The zero-order valence-corrected chi connectivity index (χ0v) is 9.07. The van der Waals surface area contributed by atoms with Crippen molar-refractivity contribution in [1.29, 1.82) is 0 Å². The second kappa shape index (κ2) is 3.91. The molecule has 0 unspecified atom stereocenters. The largest absolute Gasteiger partial charge is 0.388 e. The normalized spacial score (nSPS) is 24.6. The first-order chi connectivity index (χ1) is 7.08. The lowest BCUT2D eigenvalue weighted by Gasteiger charge is -2.19. The fourth-order valence-corrected chi connectivity index (χ4v) is 2.32. The number of aliphatic hydroxyl groups excluding tert-OH is 1. The molecule has 0 amide bonds. The summed E-state index contributed by atoms with van der Waals surface area (Å²) in [5.41, 5.74) is 1.85. The van der Waals surface area contributed by atoms with Gasteiger partial charge in [0.15, 0.2) is 0 Å². The molecule has 0 spiro atoms. The van der Waals surface area contributed by atoms with Gasteiger partial charge in [-0.05, 0) is 43.8 Å². The average Bonchev–Trinajstić information content (AvgIpc) is 2.42. The molecule has 15 heavy (non-hydrogen) atoms. The highest BCUT2D eigenvalue weighted by Crippen LogP contribution is 2.36. The first kappa shape index (κ1) is 10.6. The number of benzene rings is 1. The van der Waals surface area contributed by atoms with E-state index < -0.39 is 6.10 Å². The topological polar surface area (TPSA) is 23.5 Å². The van der Waals surface area contributed by atoms with Crippen molar-refractivity contribution in [3.8, 4) is 0 Å². The molecule has 3 heteroatoms. The molecule has 0 fully saturated rings. The number of aliphatic hydroxyl groups is 1. The summed E-state index contributed by atoms with van der Waals surface area (Å²) in [7, 11) is 3.96. The zero-order chi connectivity index (χ0) is 11.0. The number of rotatable bonds is 2. The summed E-state index contributed by atoms with van der Waals surface area (Å²) in [6.45, 7) is 0.831. The Bertz CT molecular complexity index is 365. The van der Waals surface area contributed by atoms with Crippen molar-refractivity contribution in [1.82, 2.24) is 4.90 Å². The van der Waals surface area contributed by atoms with Crippen LogP contribution in [0.15, 0.2) is 18.2 Å². The van der Waals surface area contributed by atoms with Crippen LogP contribution >= 0.6 is 0 Å². The summed E-state index contributed by atoms with van der Waals surface area (Å²) in [4.78, 5) is 2.05. The number of hydrogen-bond acceptors (Lipinski definition) is 2. The van der Waals surface area contributed by atoms with E-state index in [0.717, 1.165) is 24.1 Å². The Hall–Kier alpha value is -0.930. The first-order valence-corrected chi connectivity index (χ1v) is 5.19. The summed E-state index contributed by atoms with van der Waals surface area (Å²) in [6.07, 6.45) is 0.329. The predicted octanol–water partition coefficient (Wildman–Crippen LogP) is 1.59. The van der Waals surface area contributed by atoms with Gasteiger partial charge >= 0.3 is 0 Å². The molecule has 0 aromatic heterocycles. The average molecular weight is 209 g/mol. The molecule has 0 heterocycles. The fraction of sp³-hybridized carbons (Fsp3) is 0.500. The van der Waals surface area contributed by atoms with Crippen LogP contribution in [0.2, 0.25) is 0 Å². The zero-order valence-electron chi connectivity index (χ0n) is 9.07. The van der Waals surface area contributed by atoms with E-state index in [1.807, 2.05) is 14.1 Å². The quantitative estimate of drug-likeness (QED) is 0.799. The molecule has 0 radical (unpaired) electrons. The van der Waals surface area contributed by atoms with Gasteiger partial charge in [0.1, 0.15) is 5.82 Å². The molecule has 0 saturated heterocycles. The SMILES string of the molecule is CN(C)C[C@H]1Cc2cc(F)ccc2[C@H]1O. The predicted molar refractivity (Wildman–Crippen MR) is 57.1 cm³/mol. The van der Waals surface area contributed by atoms with E-state index in [1.165, 1.54) is 12.1 Å². The second-order valence-electron chi connectivity index (χ2n) is 4.51. The molecule has 1 N–H and O–H groups in total. The molecule has 0 aliphatic heterocycles. The van der Waals surface area contributed by atoms with Gasteiger partial charge in [-0.2, -0.15) is 0 Å². The molecular formula is C12H16FNO. The maximum atomic E-state index is 13.0. The van der Waals surface area contributed by atoms with E-state index in [1.54, 1.807) is 6.07 Å². The van der Waals surface area contributed by atoms with Gasteiger partial charge in [-0.1, -0.05) is 6.07 Å². The van der Waals surface area contributed by atoms with Crippen LogP contribution in [0.4, 0.5) is 4.39 Å². The van der Waals surface area contributed by atoms with Crippen molar-refractivity contribution in [2.75, 3.05) is 20.6 Å². The van der Waals surface area contributed by atoms with Crippen molar-refractivity contribution >= 4 is 0 Å². The fourth-order valence-electron chi connectivity index (χ4n) is 2.32. The smallest absolute Gasteiger partial charge is 0.123 e. The van der Waals surface area contributed by atoms with Crippen molar-refractivity contribution in [3.63, 3.8) is 0 Å². The Kier molecular flexibility index (Phi) is 2.76. The van der Waals surface area contributed by atoms with Gasteiger partial charge in [0.05, 0.1) is 6.10 Å². The molecule has 1 aromatic carbocycles. The van der Waals surface area contributed by atoms with Crippen LogP contribution in [0.25, 0.3) is 0 Å². The lowest BCUT2D eigenvalue weighted by Crippen LogP contribution is -2.24. The van der Waals surface area contributed by atoms with E-state index in [0.29, 0.717) is 0 Å². The monoisotopic (exact) mass is 209 g/mol. The Morgan fingerprint density at radius 3 is 2.87 bits per heavy atom. The van der Waals surface area contributed by atoms with Crippen LogP contribution in [0, 0.1) is 11.7 Å². The van der Waals surface area contributed by atoms with E-state index in [9.17, 15) is 9.50 Å². The third-order valence-corrected chi connectivity index (χ3v) is 2.95. The molecule has 82 valence electrons. The summed E-state index contributed by atoms with van der Waals surface area (Å²) in [5.74, 6) is -0.0248. The maximum Gasteiger partial charge on any atom is 0.123 e. The molecule has 1 aliphatic carbocycles. The summed E-state index contributed by atoms with van der Waals surface area (Å²) in [5, 5.41) is 10.0. The van der Waals surface area contributed by atoms with Gasteiger partial charge in [-0.15, -0.1) is 0 Å². The van der Waals surface area contributed by atoms with Gasteiger partial charge in [-0.25, -0.2) is 4.39 Å². The molecule has 0 saturated carbocycles. The Balaban J connectivity index is 2.21. The van der Waals surface area contributed by atoms with Crippen LogP contribution in [0.1, 0.15) is 17.2 Å². The Labute approximate surface area is 89.3 Å². The highest BCUT2D eigenvalue weighted by molar-refractivity contribution is 5.35. The van der Waals surface area contributed by atoms with Crippen molar-refractivity contribution in [2.24, 2.45) is 5.92 Å². The van der Waals surface area contributed by atoms with E-state index in [4.69, 9.17) is 0 Å². The number of hydrogen-bond donors (Lipinski definition) is 1. The minimum absolute atomic E-state index is 0.191. The maximum absolute atomic E-state index is 13.0. The van der Waals surface area contributed by atoms with Gasteiger partial charge < -0.3 is 10.0 Å². The molecule has 0 bridgehead atoms. The summed E-state index contributed by atoms with van der Waals surface area (Å²) >= 11 is 0.